The van der Waals surface area contributed by atoms with Gasteiger partial charge in [-0.2, -0.15) is 0 Å². The molecule has 0 heterocycles. The van der Waals surface area contributed by atoms with Gasteiger partial charge in [0.05, 0.1) is 11.5 Å². The Hall–Kier alpha value is -3.32. The Bertz CT molecular complexity index is 1110. The lowest BCUT2D eigenvalue weighted by atomic mass is 10.1. The lowest BCUT2D eigenvalue weighted by Crippen LogP contribution is -2.23. The van der Waals surface area contributed by atoms with Gasteiger partial charge in [-0.25, -0.2) is 8.42 Å². The largest absolute Gasteiger partial charge is 0.494 e. The third kappa shape index (κ3) is 5.39. The second-order valence-electron chi connectivity index (χ2n) is 6.71. The van der Waals surface area contributed by atoms with Crippen LogP contribution in [0.15, 0.2) is 77.7 Å². The zero-order valence-electron chi connectivity index (χ0n) is 16.9. The first-order chi connectivity index (χ1) is 14.4. The van der Waals surface area contributed by atoms with Crippen molar-refractivity contribution in [2.45, 2.75) is 25.3 Å². The Morgan fingerprint density at radius 2 is 1.67 bits per heavy atom. The molecule has 30 heavy (non-hydrogen) atoms. The van der Waals surface area contributed by atoms with E-state index >= 15 is 0 Å². The van der Waals surface area contributed by atoms with Crippen LogP contribution in [0.25, 0.3) is 0 Å². The molecule has 7 heteroatoms. The van der Waals surface area contributed by atoms with Gasteiger partial charge in [0.25, 0.3) is 15.9 Å². The molecular formula is C23H24N2O4S. The minimum Gasteiger partial charge on any atom is -0.494 e. The maximum absolute atomic E-state index is 12.9. The van der Waals surface area contributed by atoms with E-state index in [0.717, 1.165) is 5.56 Å². The van der Waals surface area contributed by atoms with Crippen LogP contribution in [-0.4, -0.2) is 20.9 Å². The highest BCUT2D eigenvalue weighted by atomic mass is 32.2. The van der Waals surface area contributed by atoms with Crippen LogP contribution in [0.3, 0.4) is 0 Å². The Morgan fingerprint density at radius 3 is 2.33 bits per heavy atom. The van der Waals surface area contributed by atoms with Crippen LogP contribution in [-0.2, 0) is 16.6 Å². The van der Waals surface area contributed by atoms with Crippen LogP contribution in [0.4, 0.5) is 5.69 Å². The van der Waals surface area contributed by atoms with Gasteiger partial charge in [0.1, 0.15) is 5.75 Å². The van der Waals surface area contributed by atoms with Gasteiger partial charge >= 0.3 is 0 Å². The van der Waals surface area contributed by atoms with Gasteiger partial charge in [-0.15, -0.1) is 0 Å². The highest BCUT2D eigenvalue weighted by Gasteiger charge is 2.19. The van der Waals surface area contributed by atoms with Crippen LogP contribution < -0.4 is 14.8 Å². The quantitative estimate of drug-likeness (QED) is 0.570. The second kappa shape index (κ2) is 9.45. The fourth-order valence-corrected chi connectivity index (χ4v) is 4.24. The fraction of sp³-hybridized carbons (Fsp3) is 0.174. The molecule has 0 atom stereocenters. The van der Waals surface area contributed by atoms with Crippen LogP contribution >= 0.6 is 0 Å². The van der Waals surface area contributed by atoms with Gasteiger partial charge in [-0.05, 0) is 61.4 Å². The monoisotopic (exact) mass is 424 g/mol. The number of amides is 1. The molecule has 156 valence electrons. The molecule has 0 aliphatic carbocycles. The normalized spacial score (nSPS) is 11.0. The molecule has 0 saturated carbocycles. The lowest BCUT2D eigenvalue weighted by molar-refractivity contribution is 0.0950. The molecule has 0 aliphatic heterocycles. The number of nitrogens with one attached hydrogen (secondary N) is 2. The zero-order valence-corrected chi connectivity index (χ0v) is 17.7. The van der Waals surface area contributed by atoms with Crippen molar-refractivity contribution in [3.63, 3.8) is 0 Å². The van der Waals surface area contributed by atoms with E-state index in [1.807, 2.05) is 37.3 Å². The molecule has 3 aromatic carbocycles. The molecule has 0 aromatic heterocycles. The fourth-order valence-electron chi connectivity index (χ4n) is 2.91. The summed E-state index contributed by atoms with van der Waals surface area (Å²) < 4.78 is 33.8. The van der Waals surface area contributed by atoms with Crippen molar-refractivity contribution in [2.75, 3.05) is 11.3 Å². The molecule has 0 fully saturated rings. The molecule has 6 nitrogen and oxygen atoms in total. The number of carbonyl (C=O) groups is 1. The van der Waals surface area contributed by atoms with Gasteiger partial charge in [-0.1, -0.05) is 36.4 Å². The molecule has 0 bridgehead atoms. The maximum atomic E-state index is 12.9. The van der Waals surface area contributed by atoms with E-state index in [2.05, 4.69) is 10.0 Å². The van der Waals surface area contributed by atoms with Gasteiger partial charge in [0.2, 0.25) is 0 Å². The minimum atomic E-state index is -3.86. The van der Waals surface area contributed by atoms with Crippen LogP contribution in [0.2, 0.25) is 0 Å². The molecule has 0 radical (unpaired) electrons. The van der Waals surface area contributed by atoms with E-state index in [9.17, 15) is 13.2 Å². The smallest absolute Gasteiger partial charge is 0.262 e. The van der Waals surface area contributed by atoms with Crippen molar-refractivity contribution in [1.82, 2.24) is 5.32 Å². The Labute approximate surface area is 177 Å². The summed E-state index contributed by atoms with van der Waals surface area (Å²) in [5.41, 5.74) is 2.21. The Balaban J connectivity index is 1.76. The first-order valence-electron chi connectivity index (χ1n) is 9.57. The van der Waals surface area contributed by atoms with Crippen molar-refractivity contribution in [3.8, 4) is 5.75 Å². The predicted octanol–water partition coefficient (Wildman–Crippen LogP) is 4.12. The first kappa shape index (κ1) is 21.4. The van der Waals surface area contributed by atoms with Crippen molar-refractivity contribution >= 4 is 21.6 Å². The van der Waals surface area contributed by atoms with E-state index in [1.165, 1.54) is 6.07 Å². The molecular weight excluding hydrogens is 400 g/mol. The summed E-state index contributed by atoms with van der Waals surface area (Å²) in [4.78, 5) is 12.6. The highest BCUT2D eigenvalue weighted by molar-refractivity contribution is 7.92. The van der Waals surface area contributed by atoms with Crippen molar-refractivity contribution < 1.29 is 17.9 Å². The van der Waals surface area contributed by atoms with E-state index < -0.39 is 10.0 Å². The van der Waals surface area contributed by atoms with Crippen molar-refractivity contribution in [1.29, 1.82) is 0 Å². The molecule has 2 N–H and O–H groups in total. The third-order valence-corrected chi connectivity index (χ3v) is 5.98. The van der Waals surface area contributed by atoms with Gasteiger partial charge in [0.15, 0.2) is 0 Å². The highest BCUT2D eigenvalue weighted by Crippen LogP contribution is 2.22. The molecule has 0 saturated heterocycles. The SMILES string of the molecule is CCOc1ccc(NS(=O)(=O)c2cc(C(=O)NCc3ccccc3)ccc2C)cc1. The Morgan fingerprint density at radius 1 is 0.967 bits per heavy atom. The number of ether oxygens (including phenoxy) is 1. The molecule has 0 spiro atoms. The predicted molar refractivity (Wildman–Crippen MR) is 117 cm³/mol. The summed E-state index contributed by atoms with van der Waals surface area (Å²) in [6.45, 7) is 4.46. The van der Waals surface area contributed by atoms with Crippen molar-refractivity contribution in [2.24, 2.45) is 0 Å². The third-order valence-electron chi connectivity index (χ3n) is 4.45. The molecule has 0 unspecified atom stereocenters. The van der Waals surface area contributed by atoms with Gasteiger partial charge < -0.3 is 10.1 Å². The summed E-state index contributed by atoms with van der Waals surface area (Å²) in [5, 5.41) is 2.81. The van der Waals surface area contributed by atoms with Crippen LogP contribution in [0.1, 0.15) is 28.4 Å². The first-order valence-corrected chi connectivity index (χ1v) is 11.1. The number of rotatable bonds is 8. The zero-order chi connectivity index (χ0) is 21.6. The maximum Gasteiger partial charge on any atom is 0.262 e. The summed E-state index contributed by atoms with van der Waals surface area (Å²) in [6.07, 6.45) is 0. The number of anilines is 1. The lowest BCUT2D eigenvalue weighted by Gasteiger charge is -2.13. The van der Waals surface area contributed by atoms with Crippen LogP contribution in [0, 0.1) is 6.92 Å². The van der Waals surface area contributed by atoms with Gasteiger partial charge in [0, 0.05) is 17.8 Å². The number of hydrogen-bond donors (Lipinski definition) is 2. The summed E-state index contributed by atoms with van der Waals surface area (Å²) in [5.74, 6) is 0.324. The Kier molecular flexibility index (Phi) is 6.74. The number of sulfonamides is 1. The van der Waals surface area contributed by atoms with E-state index in [0.29, 0.717) is 30.2 Å². The standard InChI is InChI=1S/C23H24N2O4S/c1-3-29-21-13-11-20(12-14-21)25-30(27,28)22-15-19(10-9-17(22)2)23(26)24-16-18-7-5-4-6-8-18/h4-15,25H,3,16H2,1-2H3,(H,24,26). The topological polar surface area (TPSA) is 84.5 Å². The average Bonchev–Trinajstić information content (AvgIpc) is 2.74. The van der Waals surface area contributed by atoms with E-state index in [-0.39, 0.29) is 16.4 Å². The van der Waals surface area contributed by atoms with E-state index in [4.69, 9.17) is 4.74 Å². The van der Waals surface area contributed by atoms with Gasteiger partial charge in [-0.3, -0.25) is 9.52 Å². The minimum absolute atomic E-state index is 0.0590. The number of carbonyl (C=O) groups excluding carboxylic acids is 1. The molecule has 1 amide bonds. The number of hydrogen-bond acceptors (Lipinski definition) is 4. The second-order valence-corrected chi connectivity index (χ2v) is 8.36. The number of aryl methyl sites for hydroxylation is 1. The number of benzene rings is 3. The average molecular weight is 425 g/mol. The van der Waals surface area contributed by atoms with Crippen LogP contribution in [0.5, 0.6) is 5.75 Å². The van der Waals surface area contributed by atoms with E-state index in [1.54, 1.807) is 43.3 Å². The molecule has 3 aromatic rings. The summed E-state index contributed by atoms with van der Waals surface area (Å²) >= 11 is 0. The summed E-state index contributed by atoms with van der Waals surface area (Å²) in [7, 11) is -3.86. The molecule has 0 aliphatic rings. The molecule has 3 rings (SSSR count). The summed E-state index contributed by atoms with van der Waals surface area (Å²) in [6, 6.07) is 20.8. The van der Waals surface area contributed by atoms with Crippen molar-refractivity contribution in [3.05, 3.63) is 89.5 Å².